The monoisotopic (exact) mass is 323 g/mol. The maximum absolute atomic E-state index is 12.4. The third kappa shape index (κ3) is 3.43. The van der Waals surface area contributed by atoms with Crippen LogP contribution in [0.1, 0.15) is 33.4 Å². The first-order chi connectivity index (χ1) is 9.78. The fourth-order valence-corrected chi connectivity index (χ4v) is 3.26. The average molecular weight is 324 g/mol. The summed E-state index contributed by atoms with van der Waals surface area (Å²) < 4.78 is 0. The Morgan fingerprint density at radius 1 is 1.38 bits per heavy atom. The largest absolute Gasteiger partial charge is 0.337 e. The molecule has 2 heterocycles. The summed E-state index contributed by atoms with van der Waals surface area (Å²) in [6.07, 6.45) is 1.02. The van der Waals surface area contributed by atoms with E-state index in [9.17, 15) is 4.79 Å². The zero-order chi connectivity index (χ0) is 13.9. The van der Waals surface area contributed by atoms with Gasteiger partial charge in [0.1, 0.15) is 10.7 Å². The van der Waals surface area contributed by atoms with Gasteiger partial charge in [-0.1, -0.05) is 30.3 Å². The second kappa shape index (κ2) is 7.02. The van der Waals surface area contributed by atoms with Crippen LogP contribution < -0.4 is 5.73 Å². The fourth-order valence-electron chi connectivity index (χ4n) is 2.61. The maximum Gasteiger partial charge on any atom is 0.273 e. The van der Waals surface area contributed by atoms with E-state index < -0.39 is 0 Å². The minimum Gasteiger partial charge on any atom is -0.337 e. The second-order valence-corrected chi connectivity index (χ2v) is 5.92. The van der Waals surface area contributed by atoms with Gasteiger partial charge in [0, 0.05) is 30.9 Å². The third-order valence-electron chi connectivity index (χ3n) is 3.69. The highest BCUT2D eigenvalue weighted by Gasteiger charge is 2.28. The van der Waals surface area contributed by atoms with E-state index in [0.717, 1.165) is 24.5 Å². The number of carbonyl (C=O) groups is 1. The molecule has 6 heteroatoms. The number of hydrogen-bond acceptors (Lipinski definition) is 4. The molecular formula is C15H18ClN3OS. The molecule has 112 valence electrons. The van der Waals surface area contributed by atoms with Crippen molar-refractivity contribution in [1.82, 2.24) is 9.88 Å². The molecule has 1 amide bonds. The van der Waals surface area contributed by atoms with Crippen LogP contribution in [0.15, 0.2) is 35.7 Å². The van der Waals surface area contributed by atoms with E-state index >= 15 is 0 Å². The van der Waals surface area contributed by atoms with Crippen molar-refractivity contribution in [2.75, 3.05) is 13.1 Å². The molecule has 2 aromatic rings. The normalized spacial score (nSPS) is 17.6. The summed E-state index contributed by atoms with van der Waals surface area (Å²) in [5.74, 6) is 0.465. The van der Waals surface area contributed by atoms with Gasteiger partial charge in [0.05, 0.1) is 0 Å². The van der Waals surface area contributed by atoms with Crippen molar-refractivity contribution in [2.45, 2.75) is 18.9 Å². The molecule has 0 radical (unpaired) electrons. The van der Waals surface area contributed by atoms with Gasteiger partial charge >= 0.3 is 0 Å². The number of hydrogen-bond donors (Lipinski definition) is 1. The summed E-state index contributed by atoms with van der Waals surface area (Å²) in [6, 6.07) is 10.4. The van der Waals surface area contributed by atoms with Gasteiger partial charge in [0.25, 0.3) is 5.91 Å². The Hall–Kier alpha value is -1.43. The zero-order valence-electron chi connectivity index (χ0n) is 11.6. The van der Waals surface area contributed by atoms with E-state index in [4.69, 9.17) is 5.73 Å². The Labute approximate surface area is 134 Å². The quantitative estimate of drug-likeness (QED) is 0.944. The van der Waals surface area contributed by atoms with Crippen LogP contribution in [0.4, 0.5) is 0 Å². The molecule has 1 aromatic heterocycles. The maximum atomic E-state index is 12.4. The van der Waals surface area contributed by atoms with Crippen LogP contribution in [0.25, 0.3) is 0 Å². The highest BCUT2D eigenvalue weighted by atomic mass is 35.5. The van der Waals surface area contributed by atoms with Gasteiger partial charge in [-0.25, -0.2) is 4.98 Å². The zero-order valence-corrected chi connectivity index (χ0v) is 13.2. The van der Waals surface area contributed by atoms with Crippen LogP contribution in [0, 0.1) is 0 Å². The number of nitrogens with zero attached hydrogens (tertiary/aromatic N) is 2. The molecule has 1 aliphatic heterocycles. The van der Waals surface area contributed by atoms with E-state index in [0.29, 0.717) is 18.2 Å². The van der Waals surface area contributed by atoms with Crippen molar-refractivity contribution in [3.8, 4) is 0 Å². The standard InChI is InChI=1S/C15H17N3OS.ClH/c16-8-14-17-13(10-20-14)15(19)18-7-6-12(9-18)11-4-2-1-3-5-11;/h1-5,10,12H,6-9,16H2;1H. The van der Waals surface area contributed by atoms with E-state index in [1.165, 1.54) is 16.9 Å². The Morgan fingerprint density at radius 2 is 2.14 bits per heavy atom. The van der Waals surface area contributed by atoms with Gasteiger partial charge in [-0.2, -0.15) is 0 Å². The van der Waals surface area contributed by atoms with Crippen LogP contribution in [0.2, 0.25) is 0 Å². The molecular weight excluding hydrogens is 306 g/mol. The first-order valence-corrected chi connectivity index (χ1v) is 7.64. The van der Waals surface area contributed by atoms with Crippen LogP contribution >= 0.6 is 23.7 Å². The summed E-state index contributed by atoms with van der Waals surface area (Å²) in [7, 11) is 0. The van der Waals surface area contributed by atoms with Crippen molar-refractivity contribution in [1.29, 1.82) is 0 Å². The number of nitrogens with two attached hydrogens (primary N) is 1. The number of amides is 1. The molecule has 0 saturated carbocycles. The van der Waals surface area contributed by atoms with Crippen molar-refractivity contribution in [3.05, 3.63) is 52.0 Å². The van der Waals surface area contributed by atoms with Crippen LogP contribution in [-0.4, -0.2) is 28.9 Å². The first-order valence-electron chi connectivity index (χ1n) is 6.76. The molecule has 1 atom stereocenters. The number of halogens is 1. The molecule has 1 aromatic carbocycles. The Balaban J connectivity index is 0.00000161. The number of benzene rings is 1. The van der Waals surface area contributed by atoms with E-state index in [2.05, 4.69) is 17.1 Å². The SMILES string of the molecule is Cl.NCc1nc(C(=O)N2CCC(c3ccccc3)C2)cs1. The second-order valence-electron chi connectivity index (χ2n) is 4.98. The number of likely N-dealkylation sites (tertiary alicyclic amines) is 1. The van der Waals surface area contributed by atoms with E-state index in [-0.39, 0.29) is 18.3 Å². The molecule has 2 N–H and O–H groups in total. The van der Waals surface area contributed by atoms with Crippen molar-refractivity contribution in [3.63, 3.8) is 0 Å². The summed E-state index contributed by atoms with van der Waals surface area (Å²) in [6.45, 7) is 1.97. The highest BCUT2D eigenvalue weighted by Crippen LogP contribution is 2.28. The molecule has 21 heavy (non-hydrogen) atoms. The minimum atomic E-state index is 0. The smallest absolute Gasteiger partial charge is 0.273 e. The predicted octanol–water partition coefficient (Wildman–Crippen LogP) is 2.65. The lowest BCUT2D eigenvalue weighted by Crippen LogP contribution is -2.28. The predicted molar refractivity (Wildman–Crippen MR) is 87.0 cm³/mol. The van der Waals surface area contributed by atoms with Gasteiger partial charge in [0.2, 0.25) is 0 Å². The topological polar surface area (TPSA) is 59.2 Å². The Kier molecular flexibility index (Phi) is 5.33. The average Bonchev–Trinajstić information content (AvgIpc) is 3.17. The number of rotatable bonds is 3. The minimum absolute atomic E-state index is 0. The van der Waals surface area contributed by atoms with Crippen LogP contribution in [-0.2, 0) is 6.54 Å². The van der Waals surface area contributed by atoms with Crippen LogP contribution in [0.5, 0.6) is 0 Å². The molecule has 1 aliphatic rings. The van der Waals surface area contributed by atoms with Gasteiger partial charge in [-0.15, -0.1) is 23.7 Å². The lowest BCUT2D eigenvalue weighted by molar-refractivity contribution is 0.0785. The Bertz CT molecular complexity index is 602. The number of thiazole rings is 1. The molecule has 0 spiro atoms. The lowest BCUT2D eigenvalue weighted by atomic mass is 9.99. The van der Waals surface area contributed by atoms with E-state index in [1.54, 1.807) is 5.38 Å². The van der Waals surface area contributed by atoms with Gasteiger partial charge in [0.15, 0.2) is 0 Å². The third-order valence-corrected chi connectivity index (χ3v) is 4.56. The van der Waals surface area contributed by atoms with Crippen molar-refractivity contribution < 1.29 is 4.79 Å². The summed E-state index contributed by atoms with van der Waals surface area (Å²) in [5.41, 5.74) is 7.38. The summed E-state index contributed by atoms with van der Waals surface area (Å²) >= 11 is 1.45. The molecule has 1 unspecified atom stereocenters. The van der Waals surface area contributed by atoms with Crippen molar-refractivity contribution >= 4 is 29.7 Å². The lowest BCUT2D eigenvalue weighted by Gasteiger charge is -2.15. The molecule has 1 saturated heterocycles. The summed E-state index contributed by atoms with van der Waals surface area (Å²) in [4.78, 5) is 18.6. The van der Waals surface area contributed by atoms with Gasteiger partial charge < -0.3 is 10.6 Å². The Morgan fingerprint density at radius 3 is 2.81 bits per heavy atom. The van der Waals surface area contributed by atoms with E-state index in [1.807, 2.05) is 23.1 Å². The molecule has 1 fully saturated rings. The number of carbonyl (C=O) groups excluding carboxylic acids is 1. The fraction of sp³-hybridized carbons (Fsp3) is 0.333. The molecule has 0 aliphatic carbocycles. The molecule has 4 nitrogen and oxygen atoms in total. The van der Waals surface area contributed by atoms with Gasteiger partial charge in [-0.05, 0) is 12.0 Å². The van der Waals surface area contributed by atoms with Gasteiger partial charge in [-0.3, -0.25) is 4.79 Å². The van der Waals surface area contributed by atoms with Crippen LogP contribution in [0.3, 0.4) is 0 Å². The highest BCUT2D eigenvalue weighted by molar-refractivity contribution is 7.09. The molecule has 0 bridgehead atoms. The van der Waals surface area contributed by atoms with Crippen molar-refractivity contribution in [2.24, 2.45) is 5.73 Å². The number of aromatic nitrogens is 1. The summed E-state index contributed by atoms with van der Waals surface area (Å²) in [5, 5.41) is 2.62. The molecule has 3 rings (SSSR count). The first kappa shape index (κ1) is 15.9.